The van der Waals surface area contributed by atoms with E-state index in [-0.39, 0.29) is 24.9 Å². The minimum atomic E-state index is -0.707. The highest BCUT2D eigenvalue weighted by atomic mass is 16.5. The average molecular weight is 347 g/mol. The third-order valence-electron chi connectivity index (χ3n) is 3.96. The minimum Gasteiger partial charge on any atom is -0.454 e. The summed E-state index contributed by atoms with van der Waals surface area (Å²) in [6.07, 6.45) is 1.34. The van der Waals surface area contributed by atoms with Crippen molar-refractivity contribution in [2.45, 2.75) is 12.8 Å². The smallest absolute Gasteiger partial charge is 0.325 e. The van der Waals surface area contributed by atoms with Crippen molar-refractivity contribution in [2.75, 3.05) is 26.2 Å². The number of rotatable bonds is 6. The van der Waals surface area contributed by atoms with E-state index in [2.05, 4.69) is 5.32 Å². The Kier molecular flexibility index (Phi) is 6.50. The fourth-order valence-corrected chi connectivity index (χ4v) is 2.56. The first-order valence-corrected chi connectivity index (χ1v) is 8.03. The SMILES string of the molecule is NC(=O)[C@@H]1CCCN(C(=O)COC(=O)CNC(=O)c2ccccc2)C1. The summed E-state index contributed by atoms with van der Waals surface area (Å²) >= 11 is 0. The predicted molar refractivity (Wildman–Crippen MR) is 88.2 cm³/mol. The normalized spacial score (nSPS) is 16.8. The lowest BCUT2D eigenvalue weighted by atomic mass is 9.97. The molecule has 0 radical (unpaired) electrons. The van der Waals surface area contributed by atoms with Gasteiger partial charge < -0.3 is 20.7 Å². The van der Waals surface area contributed by atoms with E-state index < -0.39 is 24.4 Å². The molecule has 134 valence electrons. The number of primary amides is 1. The summed E-state index contributed by atoms with van der Waals surface area (Å²) in [4.78, 5) is 48.2. The molecule has 1 aliphatic heterocycles. The molecule has 1 aromatic carbocycles. The molecule has 1 saturated heterocycles. The van der Waals surface area contributed by atoms with Gasteiger partial charge in [0.15, 0.2) is 6.61 Å². The second kappa shape index (κ2) is 8.81. The maximum Gasteiger partial charge on any atom is 0.325 e. The van der Waals surface area contributed by atoms with E-state index in [9.17, 15) is 19.2 Å². The molecule has 8 heteroatoms. The molecule has 0 aliphatic carbocycles. The van der Waals surface area contributed by atoms with Gasteiger partial charge in [0.05, 0.1) is 5.92 Å². The largest absolute Gasteiger partial charge is 0.454 e. The van der Waals surface area contributed by atoms with Crippen LogP contribution in [0.5, 0.6) is 0 Å². The van der Waals surface area contributed by atoms with Gasteiger partial charge in [0, 0.05) is 18.7 Å². The first kappa shape index (κ1) is 18.4. The molecule has 1 fully saturated rings. The van der Waals surface area contributed by atoms with Crippen LogP contribution in [0, 0.1) is 5.92 Å². The third-order valence-corrected chi connectivity index (χ3v) is 3.96. The first-order valence-electron chi connectivity index (χ1n) is 8.03. The van der Waals surface area contributed by atoms with Gasteiger partial charge >= 0.3 is 5.97 Å². The van der Waals surface area contributed by atoms with Crippen molar-refractivity contribution in [3.63, 3.8) is 0 Å². The van der Waals surface area contributed by atoms with E-state index in [4.69, 9.17) is 10.5 Å². The maximum absolute atomic E-state index is 12.0. The van der Waals surface area contributed by atoms with Gasteiger partial charge in [0.2, 0.25) is 5.91 Å². The molecule has 1 atom stereocenters. The summed E-state index contributed by atoms with van der Waals surface area (Å²) in [5.74, 6) is -2.28. The predicted octanol–water partition coefficient (Wildman–Crippen LogP) is -0.316. The molecule has 1 aliphatic rings. The number of hydrogen-bond acceptors (Lipinski definition) is 5. The fraction of sp³-hybridized carbons (Fsp3) is 0.412. The van der Waals surface area contributed by atoms with Crippen LogP contribution in [0.25, 0.3) is 0 Å². The molecule has 0 unspecified atom stereocenters. The van der Waals surface area contributed by atoms with Crippen molar-refractivity contribution in [2.24, 2.45) is 11.7 Å². The lowest BCUT2D eigenvalue weighted by Gasteiger charge is -2.31. The molecule has 2 rings (SSSR count). The molecule has 1 heterocycles. The summed E-state index contributed by atoms with van der Waals surface area (Å²) in [6.45, 7) is -0.00217. The van der Waals surface area contributed by atoms with E-state index >= 15 is 0 Å². The van der Waals surface area contributed by atoms with Crippen LogP contribution in [0.1, 0.15) is 23.2 Å². The number of piperidine rings is 1. The van der Waals surface area contributed by atoms with Crippen molar-refractivity contribution in [3.05, 3.63) is 35.9 Å². The Morgan fingerprint density at radius 3 is 2.60 bits per heavy atom. The zero-order chi connectivity index (χ0) is 18.2. The van der Waals surface area contributed by atoms with Crippen LogP contribution in [0.15, 0.2) is 30.3 Å². The Morgan fingerprint density at radius 1 is 1.20 bits per heavy atom. The van der Waals surface area contributed by atoms with Gasteiger partial charge in [-0.25, -0.2) is 0 Å². The van der Waals surface area contributed by atoms with Gasteiger partial charge in [0.1, 0.15) is 6.54 Å². The second-order valence-corrected chi connectivity index (χ2v) is 5.79. The van der Waals surface area contributed by atoms with Crippen molar-refractivity contribution in [1.82, 2.24) is 10.2 Å². The minimum absolute atomic E-state index is 0.246. The van der Waals surface area contributed by atoms with Crippen LogP contribution in [-0.2, 0) is 19.1 Å². The van der Waals surface area contributed by atoms with Crippen LogP contribution >= 0.6 is 0 Å². The van der Waals surface area contributed by atoms with Crippen LogP contribution in [0.4, 0.5) is 0 Å². The molecule has 8 nitrogen and oxygen atoms in total. The molecule has 0 aromatic heterocycles. The highest BCUT2D eigenvalue weighted by Crippen LogP contribution is 2.16. The lowest BCUT2D eigenvalue weighted by Crippen LogP contribution is -2.45. The number of carbonyl (C=O) groups excluding carboxylic acids is 4. The van der Waals surface area contributed by atoms with Crippen molar-refractivity contribution < 1.29 is 23.9 Å². The Morgan fingerprint density at radius 2 is 1.92 bits per heavy atom. The molecule has 0 saturated carbocycles. The quantitative estimate of drug-likeness (QED) is 0.684. The summed E-state index contributed by atoms with van der Waals surface area (Å²) < 4.78 is 4.88. The number of nitrogens with two attached hydrogens (primary N) is 1. The molecule has 0 bridgehead atoms. The standard InChI is InChI=1S/C17H21N3O5/c18-16(23)13-7-4-8-20(10-13)14(21)11-25-15(22)9-19-17(24)12-5-2-1-3-6-12/h1-3,5-6,13H,4,7-11H2,(H2,18,23)(H,19,24)/t13-/m1/s1. The van der Waals surface area contributed by atoms with E-state index in [0.29, 0.717) is 24.9 Å². The van der Waals surface area contributed by atoms with Gasteiger partial charge in [-0.3, -0.25) is 19.2 Å². The van der Waals surface area contributed by atoms with Crippen LogP contribution in [0.3, 0.4) is 0 Å². The van der Waals surface area contributed by atoms with Crippen molar-refractivity contribution in [3.8, 4) is 0 Å². The number of likely N-dealkylation sites (tertiary alicyclic amines) is 1. The van der Waals surface area contributed by atoms with Gasteiger partial charge in [-0.05, 0) is 25.0 Å². The number of esters is 1. The molecule has 3 amide bonds. The summed E-state index contributed by atoms with van der Waals surface area (Å²) in [5.41, 5.74) is 5.69. The van der Waals surface area contributed by atoms with Crippen LogP contribution in [-0.4, -0.2) is 54.8 Å². The van der Waals surface area contributed by atoms with Gasteiger partial charge in [0.25, 0.3) is 11.8 Å². The van der Waals surface area contributed by atoms with Gasteiger partial charge in [-0.1, -0.05) is 18.2 Å². The van der Waals surface area contributed by atoms with E-state index in [1.165, 1.54) is 4.90 Å². The number of nitrogens with zero attached hydrogens (tertiary/aromatic N) is 1. The number of benzene rings is 1. The van der Waals surface area contributed by atoms with E-state index in [1.54, 1.807) is 30.3 Å². The number of nitrogens with one attached hydrogen (secondary N) is 1. The Hall–Kier alpha value is -2.90. The lowest BCUT2D eigenvalue weighted by molar-refractivity contribution is -0.152. The zero-order valence-electron chi connectivity index (χ0n) is 13.8. The Balaban J connectivity index is 1.71. The van der Waals surface area contributed by atoms with Gasteiger partial charge in [-0.15, -0.1) is 0 Å². The number of ether oxygens (including phenoxy) is 1. The summed E-state index contributed by atoms with van der Waals surface area (Å²) in [7, 11) is 0. The topological polar surface area (TPSA) is 119 Å². The van der Waals surface area contributed by atoms with Crippen LogP contribution in [0.2, 0.25) is 0 Å². The highest BCUT2D eigenvalue weighted by molar-refractivity contribution is 5.96. The molecule has 25 heavy (non-hydrogen) atoms. The first-order chi connectivity index (χ1) is 12.0. The fourth-order valence-electron chi connectivity index (χ4n) is 2.56. The van der Waals surface area contributed by atoms with E-state index in [1.807, 2.05) is 0 Å². The number of amides is 3. The van der Waals surface area contributed by atoms with Gasteiger partial charge in [-0.2, -0.15) is 0 Å². The van der Waals surface area contributed by atoms with Crippen LogP contribution < -0.4 is 11.1 Å². The molecular weight excluding hydrogens is 326 g/mol. The average Bonchev–Trinajstić information content (AvgIpc) is 2.64. The highest BCUT2D eigenvalue weighted by Gasteiger charge is 2.27. The molecule has 1 aromatic rings. The number of carbonyl (C=O) groups is 4. The molecule has 3 N–H and O–H groups in total. The Bertz CT molecular complexity index is 647. The maximum atomic E-state index is 12.0. The summed E-state index contributed by atoms with van der Waals surface area (Å²) in [6, 6.07) is 8.44. The number of hydrogen-bond donors (Lipinski definition) is 2. The van der Waals surface area contributed by atoms with Crippen molar-refractivity contribution >= 4 is 23.7 Å². The second-order valence-electron chi connectivity index (χ2n) is 5.79. The van der Waals surface area contributed by atoms with E-state index in [0.717, 1.165) is 0 Å². The Labute approximate surface area is 145 Å². The molecule has 0 spiro atoms. The zero-order valence-corrected chi connectivity index (χ0v) is 13.8. The molecular formula is C17H21N3O5. The monoisotopic (exact) mass is 347 g/mol. The third kappa shape index (κ3) is 5.59. The summed E-state index contributed by atoms with van der Waals surface area (Å²) in [5, 5.41) is 2.42. The van der Waals surface area contributed by atoms with Crippen molar-refractivity contribution in [1.29, 1.82) is 0 Å².